The minimum Gasteiger partial charge on any atom is -0.507 e. The molecule has 0 spiro atoms. The molecule has 0 bridgehead atoms. The van der Waals surface area contributed by atoms with Crippen LogP contribution in [0.4, 0.5) is 0 Å². The van der Waals surface area contributed by atoms with Gasteiger partial charge in [-0.3, -0.25) is 0 Å². The first-order valence-corrected chi connectivity index (χ1v) is 11.9. The number of hydrogen-bond acceptors (Lipinski definition) is 1. The zero-order valence-corrected chi connectivity index (χ0v) is 19.2. The summed E-state index contributed by atoms with van der Waals surface area (Å²) in [5, 5.41) is 14.4. The van der Waals surface area contributed by atoms with Crippen LogP contribution in [0.2, 0.25) is 0 Å². The van der Waals surface area contributed by atoms with Gasteiger partial charge in [0.1, 0.15) is 5.75 Å². The maximum absolute atomic E-state index is 12.1. The fraction of sp³-hybridized carbons (Fsp3) is 0. The third-order valence-electron chi connectivity index (χ3n) is 6.59. The summed E-state index contributed by atoms with van der Waals surface area (Å²) in [4.78, 5) is 0. The van der Waals surface area contributed by atoms with E-state index in [0.29, 0.717) is 5.75 Å². The molecule has 6 aromatic carbocycles. The van der Waals surface area contributed by atoms with Crippen molar-refractivity contribution in [2.24, 2.45) is 0 Å². The van der Waals surface area contributed by atoms with Crippen molar-refractivity contribution in [3.63, 3.8) is 0 Å². The van der Waals surface area contributed by atoms with E-state index in [1.165, 1.54) is 0 Å². The summed E-state index contributed by atoms with van der Waals surface area (Å²) in [7, 11) is 0. The van der Waals surface area contributed by atoms with Crippen molar-refractivity contribution in [3.8, 4) is 50.3 Å². The Morgan fingerprint density at radius 1 is 0.371 bits per heavy atom. The summed E-state index contributed by atoms with van der Waals surface area (Å²) in [5.41, 5.74) is 7.88. The van der Waals surface area contributed by atoms with Gasteiger partial charge in [0.2, 0.25) is 0 Å². The lowest BCUT2D eigenvalue weighted by Crippen LogP contribution is -1.94. The molecule has 1 heteroatoms. The Morgan fingerprint density at radius 3 is 1.49 bits per heavy atom. The van der Waals surface area contributed by atoms with E-state index in [0.717, 1.165) is 55.3 Å². The van der Waals surface area contributed by atoms with Crippen LogP contribution in [0.1, 0.15) is 0 Å². The highest BCUT2D eigenvalue weighted by Crippen LogP contribution is 2.50. The second-order valence-electron chi connectivity index (χ2n) is 8.70. The molecule has 6 rings (SSSR count). The van der Waals surface area contributed by atoms with E-state index in [2.05, 4.69) is 84.9 Å². The summed E-state index contributed by atoms with van der Waals surface area (Å²) in [6.45, 7) is 0. The van der Waals surface area contributed by atoms with Gasteiger partial charge in [0.15, 0.2) is 0 Å². The highest BCUT2D eigenvalue weighted by Gasteiger charge is 2.23. The second kappa shape index (κ2) is 8.96. The SMILES string of the molecule is Oc1c(-c2ccccc2)c(-c2ccccc2)cc(-c2ccccc2)c1-c1cccc2ccccc12. The molecule has 1 nitrogen and oxygen atoms in total. The van der Waals surface area contributed by atoms with Crippen LogP contribution in [0, 0.1) is 0 Å². The normalized spacial score (nSPS) is 11.0. The van der Waals surface area contributed by atoms with E-state index >= 15 is 0 Å². The maximum Gasteiger partial charge on any atom is 0.132 e. The average Bonchev–Trinajstić information content (AvgIpc) is 2.94. The van der Waals surface area contributed by atoms with Crippen LogP contribution in [0.15, 0.2) is 140 Å². The third-order valence-corrected chi connectivity index (χ3v) is 6.59. The molecule has 35 heavy (non-hydrogen) atoms. The van der Waals surface area contributed by atoms with Gasteiger partial charge in [-0.25, -0.2) is 0 Å². The van der Waals surface area contributed by atoms with Gasteiger partial charge in [0, 0.05) is 11.1 Å². The third kappa shape index (κ3) is 3.78. The second-order valence-corrected chi connectivity index (χ2v) is 8.70. The fourth-order valence-electron chi connectivity index (χ4n) is 4.97. The van der Waals surface area contributed by atoms with E-state index in [-0.39, 0.29) is 0 Å². The van der Waals surface area contributed by atoms with Crippen LogP contribution in [0.3, 0.4) is 0 Å². The Balaban J connectivity index is 1.78. The number of phenolic OH excluding ortho intramolecular Hbond substituents is 1. The molecule has 0 atom stereocenters. The van der Waals surface area contributed by atoms with Crippen molar-refractivity contribution in [2.45, 2.75) is 0 Å². The van der Waals surface area contributed by atoms with Gasteiger partial charge in [-0.05, 0) is 50.2 Å². The first-order chi connectivity index (χ1) is 17.3. The topological polar surface area (TPSA) is 20.2 Å². The maximum atomic E-state index is 12.1. The quantitative estimate of drug-likeness (QED) is 0.285. The van der Waals surface area contributed by atoms with Gasteiger partial charge in [0.25, 0.3) is 0 Å². The summed E-state index contributed by atoms with van der Waals surface area (Å²) in [6.07, 6.45) is 0. The van der Waals surface area contributed by atoms with Gasteiger partial charge in [-0.15, -0.1) is 0 Å². The predicted octanol–water partition coefficient (Wildman–Crippen LogP) is 9.21. The average molecular weight is 449 g/mol. The number of hydrogen-bond donors (Lipinski definition) is 1. The van der Waals surface area contributed by atoms with Gasteiger partial charge in [-0.1, -0.05) is 133 Å². The molecule has 0 heterocycles. The Bertz CT molecular complexity index is 1610. The monoisotopic (exact) mass is 448 g/mol. The molecule has 0 radical (unpaired) electrons. The van der Waals surface area contributed by atoms with E-state index in [9.17, 15) is 5.11 Å². The molecule has 0 amide bonds. The molecular formula is C34H24O. The number of rotatable bonds is 4. The number of fused-ring (bicyclic) bond motifs is 1. The molecule has 0 saturated heterocycles. The van der Waals surface area contributed by atoms with E-state index < -0.39 is 0 Å². The largest absolute Gasteiger partial charge is 0.507 e. The summed E-state index contributed by atoms with van der Waals surface area (Å²) in [5.74, 6) is 0.299. The molecule has 0 fully saturated rings. The van der Waals surface area contributed by atoms with Gasteiger partial charge in [0.05, 0.1) is 0 Å². The van der Waals surface area contributed by atoms with Gasteiger partial charge < -0.3 is 5.11 Å². The van der Waals surface area contributed by atoms with Crippen LogP contribution in [0.25, 0.3) is 55.3 Å². The molecule has 0 aliphatic rings. The van der Waals surface area contributed by atoms with Crippen LogP contribution in [-0.2, 0) is 0 Å². The summed E-state index contributed by atoms with van der Waals surface area (Å²) >= 11 is 0. The molecule has 0 aromatic heterocycles. The smallest absolute Gasteiger partial charge is 0.132 e. The molecule has 0 saturated carbocycles. The zero-order chi connectivity index (χ0) is 23.6. The van der Waals surface area contributed by atoms with E-state index in [4.69, 9.17) is 0 Å². The van der Waals surface area contributed by atoms with Crippen molar-refractivity contribution in [1.82, 2.24) is 0 Å². The lowest BCUT2D eigenvalue weighted by Gasteiger charge is -2.21. The fourth-order valence-corrected chi connectivity index (χ4v) is 4.97. The van der Waals surface area contributed by atoms with Crippen LogP contribution in [0.5, 0.6) is 5.75 Å². The minimum absolute atomic E-state index is 0.299. The van der Waals surface area contributed by atoms with Gasteiger partial charge in [-0.2, -0.15) is 0 Å². The number of phenols is 1. The zero-order valence-electron chi connectivity index (χ0n) is 19.2. The summed E-state index contributed by atoms with van der Waals surface area (Å²) in [6, 6.07) is 47.7. The van der Waals surface area contributed by atoms with Crippen molar-refractivity contribution < 1.29 is 5.11 Å². The first kappa shape index (κ1) is 20.9. The van der Waals surface area contributed by atoms with E-state index in [1.807, 2.05) is 54.6 Å². The van der Waals surface area contributed by atoms with Crippen LogP contribution >= 0.6 is 0 Å². The molecule has 166 valence electrons. The van der Waals surface area contributed by atoms with Gasteiger partial charge >= 0.3 is 0 Å². The molecule has 0 aliphatic carbocycles. The Labute approximate surface area is 205 Å². The van der Waals surface area contributed by atoms with Crippen molar-refractivity contribution in [2.75, 3.05) is 0 Å². The number of aromatic hydroxyl groups is 1. The molecule has 1 N–H and O–H groups in total. The Morgan fingerprint density at radius 2 is 0.857 bits per heavy atom. The van der Waals surface area contributed by atoms with E-state index in [1.54, 1.807) is 0 Å². The lowest BCUT2D eigenvalue weighted by molar-refractivity contribution is 0.480. The molecule has 6 aromatic rings. The minimum atomic E-state index is 0.299. The van der Waals surface area contributed by atoms with Crippen LogP contribution < -0.4 is 0 Å². The highest BCUT2D eigenvalue weighted by atomic mass is 16.3. The summed E-state index contributed by atoms with van der Waals surface area (Å²) < 4.78 is 0. The number of benzene rings is 6. The molecular weight excluding hydrogens is 424 g/mol. The Hall–Kier alpha value is -4.62. The standard InChI is InChI=1S/C34H24O/c35-34-32(27-18-8-3-9-19-27)30(25-13-4-1-5-14-25)23-31(26-15-6-2-7-16-26)33(34)29-22-12-20-24-17-10-11-21-28(24)29/h1-23,35H. The Kier molecular flexibility index (Phi) is 5.37. The molecule has 0 aliphatic heterocycles. The predicted molar refractivity (Wildman–Crippen MR) is 147 cm³/mol. The van der Waals surface area contributed by atoms with Crippen LogP contribution in [-0.4, -0.2) is 5.11 Å². The van der Waals surface area contributed by atoms with Crippen molar-refractivity contribution in [3.05, 3.63) is 140 Å². The molecule has 0 unspecified atom stereocenters. The lowest BCUT2D eigenvalue weighted by atomic mass is 9.83. The first-order valence-electron chi connectivity index (χ1n) is 11.9. The highest BCUT2D eigenvalue weighted by molar-refractivity contribution is 6.07. The van der Waals surface area contributed by atoms with Crippen molar-refractivity contribution >= 4 is 10.8 Å². The van der Waals surface area contributed by atoms with Crippen molar-refractivity contribution in [1.29, 1.82) is 0 Å².